The molecule has 0 amide bonds. The molecule has 0 unspecified atom stereocenters. The minimum Gasteiger partial charge on any atom is -0.461 e. The maximum atomic E-state index is 11.6. The Hall–Kier alpha value is -1.81. The van der Waals surface area contributed by atoms with E-state index in [1.165, 1.54) is 0 Å². The molecule has 4 N–H and O–H groups in total. The first-order chi connectivity index (χ1) is 9.97. The van der Waals surface area contributed by atoms with Crippen LogP contribution in [0.25, 0.3) is 0 Å². The van der Waals surface area contributed by atoms with Gasteiger partial charge in [0.15, 0.2) is 5.69 Å². The fourth-order valence-corrected chi connectivity index (χ4v) is 2.05. The normalized spacial score (nSPS) is 28.6. The van der Waals surface area contributed by atoms with Crippen LogP contribution >= 0.6 is 0 Å². The Balaban J connectivity index is 2.32. The SMILES string of the molecule is CCOC(=O)c1cc(=O)[nH]c([C@@H]2O[C@H](CO)[C@@H](O)[C@H]2O)n1. The fourth-order valence-electron chi connectivity index (χ4n) is 2.05. The van der Waals surface area contributed by atoms with Crippen LogP contribution in [0.5, 0.6) is 0 Å². The molecular weight excluding hydrogens is 284 g/mol. The Labute approximate surface area is 119 Å². The van der Waals surface area contributed by atoms with Gasteiger partial charge >= 0.3 is 5.97 Å². The van der Waals surface area contributed by atoms with E-state index in [4.69, 9.17) is 14.6 Å². The van der Waals surface area contributed by atoms with Gasteiger partial charge in [-0.25, -0.2) is 9.78 Å². The zero-order chi connectivity index (χ0) is 15.6. The molecular formula is C12H16N2O7. The molecule has 0 saturated carbocycles. The quantitative estimate of drug-likeness (QED) is 0.472. The van der Waals surface area contributed by atoms with Gasteiger partial charge in [-0.3, -0.25) is 4.79 Å². The van der Waals surface area contributed by atoms with Gasteiger partial charge in [0.25, 0.3) is 5.56 Å². The van der Waals surface area contributed by atoms with Crippen molar-refractivity contribution in [1.82, 2.24) is 9.97 Å². The molecule has 0 bridgehead atoms. The van der Waals surface area contributed by atoms with Crippen molar-refractivity contribution < 1.29 is 29.6 Å². The summed E-state index contributed by atoms with van der Waals surface area (Å²) >= 11 is 0. The number of hydrogen-bond acceptors (Lipinski definition) is 8. The van der Waals surface area contributed by atoms with Crippen LogP contribution in [-0.4, -0.2) is 62.8 Å². The average Bonchev–Trinajstić information content (AvgIpc) is 2.74. The van der Waals surface area contributed by atoms with Crippen molar-refractivity contribution in [2.24, 2.45) is 0 Å². The third kappa shape index (κ3) is 3.10. The predicted molar refractivity (Wildman–Crippen MR) is 67.5 cm³/mol. The fraction of sp³-hybridized carbons (Fsp3) is 0.583. The smallest absolute Gasteiger partial charge is 0.357 e. The molecule has 0 radical (unpaired) electrons. The van der Waals surface area contributed by atoms with Crippen LogP contribution in [0.15, 0.2) is 10.9 Å². The lowest BCUT2D eigenvalue weighted by atomic mass is 10.1. The number of rotatable bonds is 4. The highest BCUT2D eigenvalue weighted by Crippen LogP contribution is 2.31. The van der Waals surface area contributed by atoms with Crippen molar-refractivity contribution in [3.8, 4) is 0 Å². The summed E-state index contributed by atoms with van der Waals surface area (Å²) in [7, 11) is 0. The molecule has 2 heterocycles. The first kappa shape index (κ1) is 15.6. The van der Waals surface area contributed by atoms with Gasteiger partial charge in [0, 0.05) is 6.07 Å². The van der Waals surface area contributed by atoms with Gasteiger partial charge in [-0.15, -0.1) is 0 Å². The number of esters is 1. The average molecular weight is 300 g/mol. The van der Waals surface area contributed by atoms with Crippen molar-refractivity contribution >= 4 is 5.97 Å². The number of ether oxygens (including phenoxy) is 2. The van der Waals surface area contributed by atoms with E-state index in [9.17, 15) is 19.8 Å². The third-order valence-corrected chi connectivity index (χ3v) is 3.06. The second-order valence-corrected chi connectivity index (χ2v) is 4.50. The zero-order valence-corrected chi connectivity index (χ0v) is 11.2. The molecule has 1 fully saturated rings. The van der Waals surface area contributed by atoms with Gasteiger partial charge in [-0.2, -0.15) is 0 Å². The number of aliphatic hydroxyl groups is 3. The molecule has 1 aliphatic heterocycles. The van der Waals surface area contributed by atoms with Crippen LogP contribution in [0.1, 0.15) is 29.3 Å². The molecule has 9 heteroatoms. The predicted octanol–water partition coefficient (Wildman–Crippen LogP) is -1.90. The standard InChI is InChI=1S/C12H16N2O7/c1-2-20-12(19)5-3-7(16)14-11(13-5)10-9(18)8(17)6(4-15)21-10/h3,6,8-10,15,17-18H,2,4H2,1H3,(H,13,14,16)/t6-,8-,9-,10-/m1/s1. The van der Waals surface area contributed by atoms with Crippen molar-refractivity contribution in [3.05, 3.63) is 27.9 Å². The van der Waals surface area contributed by atoms with E-state index < -0.39 is 42.6 Å². The van der Waals surface area contributed by atoms with Crippen LogP contribution < -0.4 is 5.56 Å². The van der Waals surface area contributed by atoms with Crippen molar-refractivity contribution in [1.29, 1.82) is 0 Å². The molecule has 1 aromatic heterocycles. The number of carbonyl (C=O) groups is 1. The Kier molecular flexibility index (Phi) is 4.68. The molecule has 1 aliphatic rings. The Morgan fingerprint density at radius 1 is 1.48 bits per heavy atom. The van der Waals surface area contributed by atoms with E-state index in [-0.39, 0.29) is 18.1 Å². The Bertz CT molecular complexity index is 573. The molecule has 0 aromatic carbocycles. The Morgan fingerprint density at radius 2 is 2.19 bits per heavy atom. The second-order valence-electron chi connectivity index (χ2n) is 4.50. The summed E-state index contributed by atoms with van der Waals surface area (Å²) in [5.74, 6) is -0.898. The summed E-state index contributed by atoms with van der Waals surface area (Å²) in [6, 6.07) is 0.961. The zero-order valence-electron chi connectivity index (χ0n) is 11.2. The minimum atomic E-state index is -1.39. The summed E-state index contributed by atoms with van der Waals surface area (Å²) in [6.45, 7) is 1.23. The highest BCUT2D eigenvalue weighted by atomic mass is 16.6. The lowest BCUT2D eigenvalue weighted by Crippen LogP contribution is -2.33. The lowest BCUT2D eigenvalue weighted by Gasteiger charge is -2.14. The molecule has 1 aromatic rings. The highest BCUT2D eigenvalue weighted by molar-refractivity contribution is 5.87. The molecule has 2 rings (SSSR count). The van der Waals surface area contributed by atoms with Crippen LogP contribution in [0.2, 0.25) is 0 Å². The topological polar surface area (TPSA) is 142 Å². The van der Waals surface area contributed by atoms with E-state index in [2.05, 4.69) is 9.97 Å². The van der Waals surface area contributed by atoms with E-state index in [0.717, 1.165) is 6.07 Å². The van der Waals surface area contributed by atoms with Crippen LogP contribution in [0, 0.1) is 0 Å². The first-order valence-corrected chi connectivity index (χ1v) is 6.38. The van der Waals surface area contributed by atoms with Crippen LogP contribution in [0.4, 0.5) is 0 Å². The van der Waals surface area contributed by atoms with Gasteiger partial charge in [0.2, 0.25) is 0 Å². The monoisotopic (exact) mass is 300 g/mol. The molecule has 4 atom stereocenters. The van der Waals surface area contributed by atoms with E-state index in [1.807, 2.05) is 0 Å². The lowest BCUT2D eigenvalue weighted by molar-refractivity contribution is -0.0254. The second kappa shape index (κ2) is 6.31. The summed E-state index contributed by atoms with van der Waals surface area (Å²) in [4.78, 5) is 29.4. The number of nitrogens with zero attached hydrogens (tertiary/aromatic N) is 1. The number of aliphatic hydroxyl groups excluding tert-OH is 3. The van der Waals surface area contributed by atoms with Crippen molar-refractivity contribution in [3.63, 3.8) is 0 Å². The number of nitrogens with one attached hydrogen (secondary N) is 1. The Morgan fingerprint density at radius 3 is 2.76 bits per heavy atom. The molecule has 116 valence electrons. The van der Waals surface area contributed by atoms with E-state index in [1.54, 1.807) is 6.92 Å². The molecule has 0 aliphatic carbocycles. The highest BCUT2D eigenvalue weighted by Gasteiger charge is 2.44. The van der Waals surface area contributed by atoms with Gasteiger partial charge in [0.05, 0.1) is 13.2 Å². The number of hydrogen-bond donors (Lipinski definition) is 4. The molecule has 21 heavy (non-hydrogen) atoms. The van der Waals surface area contributed by atoms with Gasteiger partial charge in [-0.1, -0.05) is 0 Å². The van der Waals surface area contributed by atoms with Gasteiger partial charge in [-0.05, 0) is 6.92 Å². The minimum absolute atomic E-state index is 0.118. The number of carbonyl (C=O) groups excluding carboxylic acids is 1. The van der Waals surface area contributed by atoms with Gasteiger partial charge < -0.3 is 29.8 Å². The van der Waals surface area contributed by atoms with Gasteiger partial charge in [0.1, 0.15) is 30.2 Å². The van der Waals surface area contributed by atoms with Crippen LogP contribution in [-0.2, 0) is 9.47 Å². The summed E-state index contributed by atoms with van der Waals surface area (Å²) in [5.41, 5.74) is -0.853. The molecule has 1 saturated heterocycles. The number of aromatic nitrogens is 2. The van der Waals surface area contributed by atoms with Crippen molar-refractivity contribution in [2.75, 3.05) is 13.2 Å². The first-order valence-electron chi connectivity index (χ1n) is 6.38. The number of H-pyrrole nitrogens is 1. The van der Waals surface area contributed by atoms with E-state index in [0.29, 0.717) is 0 Å². The maximum Gasteiger partial charge on any atom is 0.357 e. The third-order valence-electron chi connectivity index (χ3n) is 3.06. The number of aromatic amines is 1. The molecule has 9 nitrogen and oxygen atoms in total. The maximum absolute atomic E-state index is 11.6. The van der Waals surface area contributed by atoms with Crippen LogP contribution in [0.3, 0.4) is 0 Å². The van der Waals surface area contributed by atoms with Crippen molar-refractivity contribution in [2.45, 2.75) is 31.3 Å². The summed E-state index contributed by atoms with van der Waals surface area (Å²) in [5, 5.41) is 28.6. The van der Waals surface area contributed by atoms with E-state index >= 15 is 0 Å². The summed E-state index contributed by atoms with van der Waals surface area (Å²) < 4.78 is 9.98. The molecule has 0 spiro atoms. The largest absolute Gasteiger partial charge is 0.461 e. The summed E-state index contributed by atoms with van der Waals surface area (Å²) in [6.07, 6.45) is -4.86.